The van der Waals surface area contributed by atoms with Gasteiger partial charge >= 0.3 is 0 Å². The Balaban J connectivity index is 3.35. The molecule has 0 fully saturated rings. The fourth-order valence-electron chi connectivity index (χ4n) is 2.33. The smallest absolute Gasteiger partial charge is 0.145 e. The van der Waals surface area contributed by atoms with E-state index in [1.54, 1.807) is 46.8 Å². The van der Waals surface area contributed by atoms with E-state index in [0.717, 1.165) is 5.56 Å². The predicted octanol–water partition coefficient (Wildman–Crippen LogP) is 3.59. The van der Waals surface area contributed by atoms with Gasteiger partial charge in [-0.1, -0.05) is 17.7 Å². The van der Waals surface area contributed by atoms with E-state index in [2.05, 4.69) is 4.72 Å². The fourth-order valence-corrected chi connectivity index (χ4v) is 3.23. The molecule has 0 radical (unpaired) electrons. The molecule has 2 unspecified atom stereocenters. The number of Topliss-reactive ketones (excluding diaryl/α,β-unsaturated/α-hetero) is 2. The van der Waals surface area contributed by atoms with Gasteiger partial charge in [-0.15, -0.1) is 0 Å². The molecule has 1 N–H and O–H groups in total. The van der Waals surface area contributed by atoms with Gasteiger partial charge in [-0.3, -0.25) is 9.59 Å². The molecule has 0 spiro atoms. The molecule has 140 valence electrons. The number of hydrogen-bond acceptors (Lipinski definition) is 3. The lowest BCUT2D eigenvalue weighted by atomic mass is 9.83. The molecule has 1 aromatic rings. The summed E-state index contributed by atoms with van der Waals surface area (Å²) in [5, 5.41) is 0. The Hall–Kier alpha value is -1.40. The van der Waals surface area contributed by atoms with Crippen molar-refractivity contribution in [3.63, 3.8) is 0 Å². The lowest BCUT2D eigenvalue weighted by Gasteiger charge is -2.34. The van der Waals surface area contributed by atoms with Crippen molar-refractivity contribution in [2.45, 2.75) is 65.2 Å². The summed E-state index contributed by atoms with van der Waals surface area (Å²) in [5.74, 6) is -1.81. The van der Waals surface area contributed by atoms with Crippen LogP contribution in [0.3, 0.4) is 0 Å². The van der Waals surface area contributed by atoms with Crippen molar-refractivity contribution in [3.8, 4) is 0 Å². The lowest BCUT2D eigenvalue weighted by molar-refractivity contribution is -0.131. The lowest BCUT2D eigenvalue weighted by Crippen LogP contribution is -2.48. The largest absolute Gasteiger partial charge is 0.299 e. The Kier molecular flexibility index (Phi) is 6.81. The minimum atomic E-state index is -1.52. The van der Waals surface area contributed by atoms with E-state index in [0.29, 0.717) is 0 Å². The van der Waals surface area contributed by atoms with Crippen LogP contribution >= 0.6 is 0 Å². The number of aryl methyl sites for hydroxylation is 1. The van der Waals surface area contributed by atoms with Gasteiger partial charge in [0.1, 0.15) is 17.4 Å². The van der Waals surface area contributed by atoms with Crippen LogP contribution in [0.2, 0.25) is 0 Å². The zero-order valence-electron chi connectivity index (χ0n) is 16.0. The normalized spacial score (nSPS) is 16.8. The highest BCUT2D eigenvalue weighted by Crippen LogP contribution is 2.31. The van der Waals surface area contributed by atoms with Crippen LogP contribution in [-0.2, 0) is 26.1 Å². The third-order valence-corrected chi connectivity index (χ3v) is 5.96. The topological polar surface area (TPSA) is 63.2 Å². The molecule has 0 aliphatic rings. The van der Waals surface area contributed by atoms with Gasteiger partial charge in [-0.05, 0) is 54.5 Å². The minimum Gasteiger partial charge on any atom is -0.299 e. The first-order valence-electron chi connectivity index (χ1n) is 8.27. The van der Waals surface area contributed by atoms with Gasteiger partial charge in [0.25, 0.3) is 0 Å². The van der Waals surface area contributed by atoms with Crippen molar-refractivity contribution in [2.24, 2.45) is 5.92 Å². The molecule has 25 heavy (non-hydrogen) atoms. The van der Waals surface area contributed by atoms with Crippen LogP contribution in [-0.4, -0.2) is 20.5 Å². The highest BCUT2D eigenvalue weighted by molar-refractivity contribution is 7.84. The number of carbonyl (C=O) groups is 2. The second kappa shape index (κ2) is 7.87. The summed E-state index contributed by atoms with van der Waals surface area (Å²) in [7, 11) is -1.52. The minimum absolute atomic E-state index is 0.129. The summed E-state index contributed by atoms with van der Waals surface area (Å²) in [6.07, 6.45) is -0.129. The van der Waals surface area contributed by atoms with E-state index in [1.807, 2.05) is 6.92 Å². The molecule has 0 aliphatic heterocycles. The Labute approximate surface area is 152 Å². The molecule has 0 aliphatic carbocycles. The summed E-state index contributed by atoms with van der Waals surface area (Å²) >= 11 is 0. The van der Waals surface area contributed by atoms with Crippen molar-refractivity contribution >= 4 is 22.6 Å². The fraction of sp³-hybridized carbons (Fsp3) is 0.579. The van der Waals surface area contributed by atoms with Crippen LogP contribution in [0.4, 0.5) is 4.39 Å². The Morgan fingerprint density at radius 2 is 1.80 bits per heavy atom. The van der Waals surface area contributed by atoms with E-state index in [4.69, 9.17) is 0 Å². The number of carbonyl (C=O) groups excluding carboxylic acids is 2. The Morgan fingerprint density at radius 1 is 1.24 bits per heavy atom. The number of ketones is 2. The van der Waals surface area contributed by atoms with E-state index in [1.165, 1.54) is 13.0 Å². The van der Waals surface area contributed by atoms with Gasteiger partial charge in [0, 0.05) is 12.0 Å². The molecule has 4 nitrogen and oxygen atoms in total. The molecule has 0 bridgehead atoms. The third kappa shape index (κ3) is 5.54. The summed E-state index contributed by atoms with van der Waals surface area (Å²) in [6.45, 7) is 11.8. The third-order valence-electron chi connectivity index (χ3n) is 4.21. The molecule has 1 aromatic carbocycles. The second-order valence-electron chi connectivity index (χ2n) is 7.77. The van der Waals surface area contributed by atoms with Crippen molar-refractivity contribution in [3.05, 3.63) is 35.1 Å². The number of benzene rings is 1. The van der Waals surface area contributed by atoms with Crippen molar-refractivity contribution in [1.82, 2.24) is 4.72 Å². The number of halogens is 1. The van der Waals surface area contributed by atoms with Crippen LogP contribution in [0.15, 0.2) is 18.2 Å². The molecule has 0 saturated carbocycles. The number of nitrogens with one attached hydrogen (secondary N) is 1. The monoisotopic (exact) mass is 369 g/mol. The standard InChI is InChI=1S/C19H28FNO3S/c1-12-8-9-16(20)15(10-12)19(7,21-25(24)18(4,5)6)11-17(23)13(2)14(3)22/h8-10,13,21H,11H2,1-7H3/t13?,19-,25?/m0/s1. The van der Waals surface area contributed by atoms with Crippen molar-refractivity contribution in [2.75, 3.05) is 0 Å². The van der Waals surface area contributed by atoms with Crippen molar-refractivity contribution in [1.29, 1.82) is 0 Å². The predicted molar refractivity (Wildman–Crippen MR) is 99.0 cm³/mol. The van der Waals surface area contributed by atoms with E-state index < -0.39 is 33.0 Å². The average molecular weight is 370 g/mol. The van der Waals surface area contributed by atoms with E-state index >= 15 is 0 Å². The Bertz CT molecular complexity index is 696. The molecule has 1 rings (SSSR count). The molecular weight excluding hydrogens is 341 g/mol. The Morgan fingerprint density at radius 3 is 2.28 bits per heavy atom. The average Bonchev–Trinajstić information content (AvgIpc) is 2.47. The maximum atomic E-state index is 14.5. The zero-order valence-corrected chi connectivity index (χ0v) is 16.8. The molecule has 0 heterocycles. The summed E-state index contributed by atoms with van der Waals surface area (Å²) < 4.78 is 29.5. The van der Waals surface area contributed by atoms with Gasteiger partial charge in [0.05, 0.1) is 27.2 Å². The first-order chi connectivity index (χ1) is 11.3. The first kappa shape index (κ1) is 21.6. The summed E-state index contributed by atoms with van der Waals surface area (Å²) in [4.78, 5) is 24.1. The highest BCUT2D eigenvalue weighted by atomic mass is 32.2. The zero-order chi connectivity index (χ0) is 19.6. The first-order valence-corrected chi connectivity index (χ1v) is 9.42. The maximum absolute atomic E-state index is 14.5. The van der Waals surface area contributed by atoms with Gasteiger partial charge in [-0.25, -0.2) is 13.3 Å². The highest BCUT2D eigenvalue weighted by Gasteiger charge is 2.38. The van der Waals surface area contributed by atoms with Gasteiger partial charge in [-0.2, -0.15) is 0 Å². The van der Waals surface area contributed by atoms with Crippen LogP contribution < -0.4 is 4.72 Å². The molecule has 6 heteroatoms. The number of rotatable bonds is 7. The summed E-state index contributed by atoms with van der Waals surface area (Å²) in [6, 6.07) is 4.62. The molecule has 0 amide bonds. The maximum Gasteiger partial charge on any atom is 0.145 e. The van der Waals surface area contributed by atoms with Gasteiger partial charge in [0.2, 0.25) is 0 Å². The molecular formula is C19H28FNO3S. The van der Waals surface area contributed by atoms with Crippen LogP contribution in [0.5, 0.6) is 0 Å². The molecule has 3 atom stereocenters. The SMILES string of the molecule is CC(=O)C(C)C(=O)C[C@](C)(NS(=O)C(C)(C)C)c1cc(C)ccc1F. The van der Waals surface area contributed by atoms with Crippen LogP contribution in [0, 0.1) is 18.7 Å². The number of hydrogen-bond donors (Lipinski definition) is 1. The van der Waals surface area contributed by atoms with Crippen molar-refractivity contribution < 1.29 is 18.2 Å². The van der Waals surface area contributed by atoms with E-state index in [-0.39, 0.29) is 23.6 Å². The van der Waals surface area contributed by atoms with Crippen LogP contribution in [0.1, 0.15) is 59.1 Å². The van der Waals surface area contributed by atoms with Gasteiger partial charge in [0.15, 0.2) is 0 Å². The molecule has 0 aromatic heterocycles. The quantitative estimate of drug-likeness (QED) is 0.747. The second-order valence-corrected chi connectivity index (χ2v) is 9.74. The van der Waals surface area contributed by atoms with E-state index in [9.17, 15) is 18.2 Å². The van der Waals surface area contributed by atoms with Crippen LogP contribution in [0.25, 0.3) is 0 Å². The molecule has 0 saturated heterocycles. The summed E-state index contributed by atoms with van der Waals surface area (Å²) in [5.41, 5.74) is -0.0816. The van der Waals surface area contributed by atoms with Gasteiger partial charge < -0.3 is 0 Å².